The number of nitrogens with one attached hydrogen (secondary N) is 1. The summed E-state index contributed by atoms with van der Waals surface area (Å²) in [6.07, 6.45) is 0.705. The minimum atomic E-state index is -3.13. The summed E-state index contributed by atoms with van der Waals surface area (Å²) in [4.78, 5) is 0. The zero-order chi connectivity index (χ0) is 14.6. The second kappa shape index (κ2) is 6.52. The van der Waals surface area contributed by atoms with Crippen molar-refractivity contribution in [3.05, 3.63) is 17.0 Å². The number of nitrogens with zero attached hydrogens (tertiary/aromatic N) is 2. The van der Waals surface area contributed by atoms with E-state index in [1.54, 1.807) is 4.31 Å². The van der Waals surface area contributed by atoms with Gasteiger partial charge < -0.3 is 0 Å². The van der Waals surface area contributed by atoms with Crippen LogP contribution >= 0.6 is 0 Å². The van der Waals surface area contributed by atoms with Crippen LogP contribution in [0.15, 0.2) is 0 Å². The highest BCUT2D eigenvalue weighted by atomic mass is 32.2. The van der Waals surface area contributed by atoms with Gasteiger partial charge in [0, 0.05) is 30.8 Å². The van der Waals surface area contributed by atoms with Gasteiger partial charge in [0.1, 0.15) is 0 Å². The molecule has 0 atom stereocenters. The first kappa shape index (κ1) is 16.2. The van der Waals surface area contributed by atoms with Gasteiger partial charge in [-0.2, -0.15) is 9.40 Å². The zero-order valence-corrected chi connectivity index (χ0v) is 13.3. The van der Waals surface area contributed by atoms with Gasteiger partial charge in [-0.15, -0.1) is 0 Å². The highest BCUT2D eigenvalue weighted by Crippen LogP contribution is 2.22. The largest absolute Gasteiger partial charge is 0.282 e. The molecule has 0 aliphatic carbocycles. The average Bonchev–Trinajstić information content (AvgIpc) is 2.72. The predicted molar refractivity (Wildman–Crippen MR) is 77.4 cm³/mol. The molecule has 0 bridgehead atoms. The molecule has 1 aromatic heterocycles. The molecule has 0 spiro atoms. The van der Waals surface area contributed by atoms with E-state index in [-0.39, 0.29) is 11.7 Å². The van der Waals surface area contributed by atoms with Crippen molar-refractivity contribution in [1.82, 2.24) is 14.5 Å². The van der Waals surface area contributed by atoms with Gasteiger partial charge in [-0.1, -0.05) is 27.7 Å². The van der Waals surface area contributed by atoms with Crippen LogP contribution in [0, 0.1) is 12.8 Å². The summed E-state index contributed by atoms with van der Waals surface area (Å²) in [5.74, 6) is 0.381. The first-order valence-electron chi connectivity index (χ1n) is 6.90. The fourth-order valence-electron chi connectivity index (χ4n) is 2.17. The second-order valence-electron chi connectivity index (χ2n) is 5.03. The maximum Gasteiger partial charge on any atom is 0.214 e. The third-order valence-corrected chi connectivity index (χ3v) is 5.22. The van der Waals surface area contributed by atoms with Crippen LogP contribution in [0.3, 0.4) is 0 Å². The van der Waals surface area contributed by atoms with Crippen LogP contribution in [-0.4, -0.2) is 35.2 Å². The minimum Gasteiger partial charge on any atom is -0.282 e. The zero-order valence-electron chi connectivity index (χ0n) is 12.5. The molecule has 6 heteroatoms. The number of hydrogen-bond acceptors (Lipinski definition) is 3. The molecule has 19 heavy (non-hydrogen) atoms. The van der Waals surface area contributed by atoms with Crippen LogP contribution in [0.1, 0.15) is 44.6 Å². The van der Waals surface area contributed by atoms with Crippen LogP contribution in [0.5, 0.6) is 0 Å². The number of aromatic amines is 1. The quantitative estimate of drug-likeness (QED) is 0.925. The summed E-state index contributed by atoms with van der Waals surface area (Å²) >= 11 is 0. The van der Waals surface area contributed by atoms with Gasteiger partial charge in [0.2, 0.25) is 10.0 Å². The molecule has 0 saturated carbocycles. The van der Waals surface area contributed by atoms with E-state index in [1.165, 1.54) is 0 Å². The van der Waals surface area contributed by atoms with Gasteiger partial charge in [0.05, 0.1) is 11.4 Å². The van der Waals surface area contributed by atoms with Crippen LogP contribution in [0.2, 0.25) is 0 Å². The number of aryl methyl sites for hydroxylation is 1. The summed E-state index contributed by atoms with van der Waals surface area (Å²) in [7, 11) is -3.13. The highest BCUT2D eigenvalue weighted by Gasteiger charge is 2.29. The predicted octanol–water partition coefficient (Wildman–Crippen LogP) is 2.09. The van der Waals surface area contributed by atoms with E-state index in [4.69, 9.17) is 0 Å². The molecule has 5 nitrogen and oxygen atoms in total. The molecule has 2 heterocycles. The molecule has 1 aromatic rings. The summed E-state index contributed by atoms with van der Waals surface area (Å²) in [5.41, 5.74) is 3.03. The normalized spacial score (nSPS) is 15.9. The summed E-state index contributed by atoms with van der Waals surface area (Å²) in [6, 6.07) is 0. The number of aromatic nitrogens is 2. The smallest absolute Gasteiger partial charge is 0.214 e. The van der Waals surface area contributed by atoms with Crippen molar-refractivity contribution in [2.45, 2.75) is 47.6 Å². The Balaban J connectivity index is 0.000000861. The molecule has 0 aromatic carbocycles. The maximum absolute atomic E-state index is 12.1. The van der Waals surface area contributed by atoms with E-state index in [0.717, 1.165) is 17.0 Å². The van der Waals surface area contributed by atoms with Gasteiger partial charge in [0.25, 0.3) is 0 Å². The molecule has 110 valence electrons. The number of fused-ring (bicyclic) bond motifs is 1. The second-order valence-corrected chi connectivity index (χ2v) is 7.04. The standard InChI is InChI=1S/C11H19N3O2S.C2H6/c1-8(2)7-17(15,16)14-5-4-11-10(6-14)9(3)12-13-11;1-2/h8H,4-7H2,1-3H3,(H,12,13);1-2H3. The Morgan fingerprint density at radius 1 is 1.37 bits per heavy atom. The van der Waals surface area contributed by atoms with Crippen LogP contribution in [0.25, 0.3) is 0 Å². The minimum absolute atomic E-state index is 0.159. The highest BCUT2D eigenvalue weighted by molar-refractivity contribution is 7.89. The van der Waals surface area contributed by atoms with Gasteiger partial charge in [-0.05, 0) is 12.8 Å². The summed E-state index contributed by atoms with van der Waals surface area (Å²) < 4.78 is 25.8. The molecule has 1 aliphatic heterocycles. The van der Waals surface area contributed by atoms with Crippen molar-refractivity contribution in [1.29, 1.82) is 0 Å². The average molecular weight is 287 g/mol. The lowest BCUT2D eigenvalue weighted by Crippen LogP contribution is -2.38. The SMILES string of the molecule is CC.Cc1[nH]nc2c1CN(S(=O)(=O)CC(C)C)CC2. The van der Waals surface area contributed by atoms with Crippen molar-refractivity contribution in [3.63, 3.8) is 0 Å². The van der Waals surface area contributed by atoms with Gasteiger partial charge in [-0.25, -0.2) is 8.42 Å². The van der Waals surface area contributed by atoms with E-state index >= 15 is 0 Å². The van der Waals surface area contributed by atoms with Crippen molar-refractivity contribution in [2.24, 2.45) is 5.92 Å². The summed E-state index contributed by atoms with van der Waals surface area (Å²) in [5, 5.41) is 7.11. The molecular formula is C13H25N3O2S. The number of H-pyrrole nitrogens is 1. The van der Waals surface area contributed by atoms with Crippen molar-refractivity contribution >= 4 is 10.0 Å². The molecule has 0 unspecified atom stereocenters. The number of hydrogen-bond donors (Lipinski definition) is 1. The third kappa shape index (κ3) is 3.79. The Labute approximate surface area is 116 Å². The fraction of sp³-hybridized carbons (Fsp3) is 0.769. The number of sulfonamides is 1. The monoisotopic (exact) mass is 287 g/mol. The van der Waals surface area contributed by atoms with Crippen LogP contribution in [0.4, 0.5) is 0 Å². The lowest BCUT2D eigenvalue weighted by atomic mass is 10.1. The van der Waals surface area contributed by atoms with Crippen molar-refractivity contribution < 1.29 is 8.42 Å². The molecule has 1 N–H and O–H groups in total. The Hall–Kier alpha value is -0.880. The fourth-order valence-corrected chi connectivity index (χ4v) is 3.92. The number of rotatable bonds is 3. The van der Waals surface area contributed by atoms with E-state index in [2.05, 4.69) is 10.2 Å². The molecule has 0 saturated heterocycles. The van der Waals surface area contributed by atoms with Gasteiger partial charge >= 0.3 is 0 Å². The van der Waals surface area contributed by atoms with Gasteiger partial charge in [-0.3, -0.25) is 5.10 Å². The van der Waals surface area contributed by atoms with E-state index in [1.807, 2.05) is 34.6 Å². The molecule has 0 amide bonds. The first-order valence-corrected chi connectivity index (χ1v) is 8.51. The maximum atomic E-state index is 12.1. The molecule has 2 rings (SSSR count). The molecule has 0 fully saturated rings. The van der Waals surface area contributed by atoms with Crippen molar-refractivity contribution in [2.75, 3.05) is 12.3 Å². The Morgan fingerprint density at radius 2 is 2.00 bits per heavy atom. The van der Waals surface area contributed by atoms with Crippen LogP contribution in [-0.2, 0) is 23.0 Å². The van der Waals surface area contributed by atoms with Crippen molar-refractivity contribution in [3.8, 4) is 0 Å². The molecular weight excluding hydrogens is 262 g/mol. The Bertz CT molecular complexity index is 506. The van der Waals surface area contributed by atoms with E-state index in [0.29, 0.717) is 19.5 Å². The topological polar surface area (TPSA) is 66.1 Å². The third-order valence-electron chi connectivity index (χ3n) is 3.03. The van der Waals surface area contributed by atoms with Gasteiger partial charge in [0.15, 0.2) is 0 Å². The van der Waals surface area contributed by atoms with E-state index in [9.17, 15) is 8.42 Å². The lowest BCUT2D eigenvalue weighted by molar-refractivity contribution is 0.386. The lowest BCUT2D eigenvalue weighted by Gasteiger charge is -2.26. The summed E-state index contributed by atoms with van der Waals surface area (Å²) in [6.45, 7) is 10.8. The Kier molecular flexibility index (Phi) is 5.55. The van der Waals surface area contributed by atoms with Crippen LogP contribution < -0.4 is 0 Å². The molecule has 1 aliphatic rings. The molecule has 0 radical (unpaired) electrons. The van der Waals surface area contributed by atoms with E-state index < -0.39 is 10.0 Å². The Morgan fingerprint density at radius 3 is 2.58 bits per heavy atom. The first-order chi connectivity index (χ1) is 8.90.